The topological polar surface area (TPSA) is 59.1 Å². The number of piperazine rings is 1. The second-order valence-electron chi connectivity index (χ2n) is 7.72. The average molecular weight is 401 g/mol. The fourth-order valence-electron chi connectivity index (χ4n) is 3.65. The lowest BCUT2D eigenvalue weighted by molar-refractivity contribution is -0.134. The van der Waals surface area contributed by atoms with Crippen molar-refractivity contribution in [1.82, 2.24) is 9.80 Å². The minimum absolute atomic E-state index is 0.0287. The van der Waals surface area contributed by atoms with Crippen molar-refractivity contribution < 1.29 is 19.1 Å². The van der Waals surface area contributed by atoms with Gasteiger partial charge in [-0.25, -0.2) is 0 Å². The zero-order valence-corrected chi connectivity index (χ0v) is 17.0. The van der Waals surface area contributed by atoms with E-state index in [1.165, 1.54) is 11.3 Å². The van der Waals surface area contributed by atoms with Gasteiger partial charge in [-0.1, -0.05) is 18.2 Å². The lowest BCUT2D eigenvalue weighted by Crippen LogP contribution is -2.51. The highest BCUT2D eigenvalue weighted by Crippen LogP contribution is 2.41. The molecule has 1 aromatic heterocycles. The molecule has 0 bridgehead atoms. The van der Waals surface area contributed by atoms with E-state index in [-0.39, 0.29) is 24.0 Å². The van der Waals surface area contributed by atoms with Crippen LogP contribution in [0.25, 0.3) is 0 Å². The molecule has 2 aliphatic heterocycles. The van der Waals surface area contributed by atoms with Crippen LogP contribution in [0.5, 0.6) is 11.5 Å². The van der Waals surface area contributed by atoms with E-state index in [4.69, 9.17) is 9.47 Å². The summed E-state index contributed by atoms with van der Waals surface area (Å²) in [7, 11) is 0. The zero-order valence-electron chi connectivity index (χ0n) is 16.1. The number of fused-ring (bicyclic) bond motifs is 1. The summed E-state index contributed by atoms with van der Waals surface area (Å²) in [6.45, 7) is 6.18. The van der Waals surface area contributed by atoms with Crippen LogP contribution in [0.2, 0.25) is 0 Å². The summed E-state index contributed by atoms with van der Waals surface area (Å²) in [4.78, 5) is 29.3. The molecule has 2 aliphatic rings. The normalized spacial score (nSPS) is 17.8. The first kappa shape index (κ1) is 18.8. The summed E-state index contributed by atoms with van der Waals surface area (Å²) in [5.74, 6) is 1.32. The molecule has 28 heavy (non-hydrogen) atoms. The maximum atomic E-state index is 12.6. The molecule has 4 rings (SSSR count). The minimum Gasteiger partial charge on any atom is -0.483 e. The van der Waals surface area contributed by atoms with Crippen molar-refractivity contribution in [3.05, 3.63) is 46.2 Å². The van der Waals surface area contributed by atoms with Crippen molar-refractivity contribution in [2.24, 2.45) is 0 Å². The van der Waals surface area contributed by atoms with Gasteiger partial charge in [0.1, 0.15) is 5.60 Å². The lowest BCUT2D eigenvalue weighted by Gasteiger charge is -2.34. The van der Waals surface area contributed by atoms with Gasteiger partial charge in [-0.3, -0.25) is 9.59 Å². The fourth-order valence-corrected chi connectivity index (χ4v) is 4.34. The number of carbonyl (C=O) groups is 2. The Hall–Kier alpha value is -2.54. The predicted octanol–water partition coefficient (Wildman–Crippen LogP) is 2.83. The van der Waals surface area contributed by atoms with Gasteiger partial charge < -0.3 is 19.3 Å². The molecule has 0 radical (unpaired) electrons. The van der Waals surface area contributed by atoms with Crippen LogP contribution in [0.3, 0.4) is 0 Å². The number of hydrogen-bond acceptors (Lipinski definition) is 5. The number of rotatable bonds is 4. The van der Waals surface area contributed by atoms with Crippen molar-refractivity contribution in [2.75, 3.05) is 32.8 Å². The van der Waals surface area contributed by atoms with Crippen LogP contribution < -0.4 is 9.47 Å². The molecule has 148 valence electrons. The molecule has 2 amide bonds. The number of amides is 2. The average Bonchev–Trinajstić information content (AvgIpc) is 3.32. The molecule has 1 saturated heterocycles. The molecule has 0 atom stereocenters. The molecule has 1 fully saturated rings. The number of nitrogens with zero attached hydrogens (tertiary/aromatic N) is 2. The Morgan fingerprint density at radius 3 is 2.57 bits per heavy atom. The number of carbonyl (C=O) groups excluding carboxylic acids is 2. The van der Waals surface area contributed by atoms with Gasteiger partial charge >= 0.3 is 0 Å². The largest absolute Gasteiger partial charge is 0.483 e. The zero-order chi connectivity index (χ0) is 19.7. The number of hydrogen-bond donors (Lipinski definition) is 0. The fraction of sp³-hybridized carbons (Fsp3) is 0.429. The second-order valence-corrected chi connectivity index (χ2v) is 8.67. The molecule has 6 nitrogen and oxygen atoms in total. The standard InChI is InChI=1S/C21H24N2O4S/c1-21(2)13-15-5-3-6-16(19(15)27-21)26-14-18(24)22-8-10-23(11-9-22)20(25)17-7-4-12-28-17/h3-7,12H,8-11,13-14H2,1-2H3. The molecule has 0 aliphatic carbocycles. The van der Waals surface area contributed by atoms with Gasteiger partial charge in [0.25, 0.3) is 11.8 Å². The van der Waals surface area contributed by atoms with Crippen molar-refractivity contribution >= 4 is 23.2 Å². The molecular formula is C21H24N2O4S. The number of benzene rings is 1. The maximum absolute atomic E-state index is 12.6. The van der Waals surface area contributed by atoms with Crippen LogP contribution in [0.15, 0.2) is 35.7 Å². The van der Waals surface area contributed by atoms with Crippen LogP contribution in [-0.2, 0) is 11.2 Å². The van der Waals surface area contributed by atoms with Crippen molar-refractivity contribution in [3.8, 4) is 11.5 Å². The summed E-state index contributed by atoms with van der Waals surface area (Å²) >= 11 is 1.44. The third-order valence-corrected chi connectivity index (χ3v) is 5.92. The van der Waals surface area contributed by atoms with Gasteiger partial charge in [0.2, 0.25) is 0 Å². The van der Waals surface area contributed by atoms with Gasteiger partial charge in [0.15, 0.2) is 18.1 Å². The first-order chi connectivity index (χ1) is 13.4. The van der Waals surface area contributed by atoms with Crippen LogP contribution in [0.1, 0.15) is 29.1 Å². The molecule has 0 saturated carbocycles. The van der Waals surface area contributed by atoms with E-state index in [1.54, 1.807) is 9.80 Å². The number of para-hydroxylation sites is 1. The Labute approximate surface area is 168 Å². The summed E-state index contributed by atoms with van der Waals surface area (Å²) in [5.41, 5.74) is 0.854. The van der Waals surface area contributed by atoms with E-state index in [0.717, 1.165) is 22.6 Å². The minimum atomic E-state index is -0.253. The SMILES string of the molecule is CC1(C)Cc2cccc(OCC(=O)N3CCN(C(=O)c4cccs4)CC3)c2O1. The summed E-state index contributed by atoms with van der Waals surface area (Å²) in [6, 6.07) is 9.51. The van der Waals surface area contributed by atoms with E-state index in [1.807, 2.05) is 49.6 Å². The monoisotopic (exact) mass is 400 g/mol. The van der Waals surface area contributed by atoms with Gasteiger partial charge in [-0.2, -0.15) is 0 Å². The van der Waals surface area contributed by atoms with E-state index in [2.05, 4.69) is 0 Å². The highest BCUT2D eigenvalue weighted by Gasteiger charge is 2.32. The van der Waals surface area contributed by atoms with Crippen LogP contribution in [0.4, 0.5) is 0 Å². The maximum Gasteiger partial charge on any atom is 0.264 e. The Morgan fingerprint density at radius 1 is 1.11 bits per heavy atom. The van der Waals surface area contributed by atoms with Crippen LogP contribution >= 0.6 is 11.3 Å². The molecule has 2 aromatic rings. The van der Waals surface area contributed by atoms with E-state index < -0.39 is 0 Å². The molecule has 3 heterocycles. The third-order valence-electron chi connectivity index (χ3n) is 5.06. The Balaban J connectivity index is 1.31. The van der Waals surface area contributed by atoms with Gasteiger partial charge in [-0.15, -0.1) is 11.3 Å². The highest BCUT2D eigenvalue weighted by atomic mass is 32.1. The van der Waals surface area contributed by atoms with Crippen molar-refractivity contribution in [3.63, 3.8) is 0 Å². The van der Waals surface area contributed by atoms with Crippen molar-refractivity contribution in [1.29, 1.82) is 0 Å². The smallest absolute Gasteiger partial charge is 0.264 e. The summed E-state index contributed by atoms with van der Waals surface area (Å²) in [6.07, 6.45) is 0.827. The molecule has 1 aromatic carbocycles. The Morgan fingerprint density at radius 2 is 1.86 bits per heavy atom. The van der Waals surface area contributed by atoms with Crippen molar-refractivity contribution in [2.45, 2.75) is 25.9 Å². The van der Waals surface area contributed by atoms with Crippen LogP contribution in [-0.4, -0.2) is 60.0 Å². The first-order valence-electron chi connectivity index (χ1n) is 9.47. The molecule has 0 unspecified atom stereocenters. The molecule has 0 N–H and O–H groups in total. The quantitative estimate of drug-likeness (QED) is 0.792. The van der Waals surface area contributed by atoms with Gasteiger partial charge in [0, 0.05) is 38.2 Å². The third kappa shape index (κ3) is 3.85. The summed E-state index contributed by atoms with van der Waals surface area (Å²) < 4.78 is 11.8. The van der Waals surface area contributed by atoms with E-state index in [0.29, 0.717) is 31.9 Å². The lowest BCUT2D eigenvalue weighted by atomic mass is 10.0. The first-order valence-corrected chi connectivity index (χ1v) is 10.4. The highest BCUT2D eigenvalue weighted by molar-refractivity contribution is 7.12. The van der Waals surface area contributed by atoms with Gasteiger partial charge in [0.05, 0.1) is 4.88 Å². The summed E-state index contributed by atoms with van der Waals surface area (Å²) in [5, 5.41) is 1.90. The molecule has 0 spiro atoms. The molecule has 7 heteroatoms. The Bertz CT molecular complexity index is 871. The van der Waals surface area contributed by atoms with E-state index in [9.17, 15) is 9.59 Å². The van der Waals surface area contributed by atoms with E-state index >= 15 is 0 Å². The Kier molecular flexibility index (Phi) is 5.02. The predicted molar refractivity (Wildman–Crippen MR) is 107 cm³/mol. The van der Waals surface area contributed by atoms with Gasteiger partial charge in [-0.05, 0) is 31.4 Å². The van der Waals surface area contributed by atoms with Crippen LogP contribution in [0, 0.1) is 0 Å². The number of thiophene rings is 1. The number of ether oxygens (including phenoxy) is 2. The molecular weight excluding hydrogens is 376 g/mol. The second kappa shape index (κ2) is 7.47.